The van der Waals surface area contributed by atoms with Gasteiger partial charge in [-0.15, -0.1) is 0 Å². The number of rotatable bonds is 1. The van der Waals surface area contributed by atoms with Crippen LogP contribution in [-0.4, -0.2) is 32.9 Å². The van der Waals surface area contributed by atoms with Crippen LogP contribution in [0.3, 0.4) is 0 Å². The number of hydrogen-bond donors (Lipinski definition) is 1. The number of benzene rings is 1. The maximum atomic E-state index is 10.9. The van der Waals surface area contributed by atoms with Crippen molar-refractivity contribution in [3.05, 3.63) is 28.9 Å². The molecule has 2 aliphatic rings. The van der Waals surface area contributed by atoms with Gasteiger partial charge in [-0.3, -0.25) is 4.90 Å². The zero-order chi connectivity index (χ0) is 13.9. The number of hydrogen-bond acceptors (Lipinski definition) is 3. The van der Waals surface area contributed by atoms with Gasteiger partial charge in [0.2, 0.25) is 0 Å². The minimum absolute atomic E-state index is 0.491. The number of aromatic nitrogens is 2. The highest BCUT2D eigenvalue weighted by molar-refractivity contribution is 6.31. The fraction of sp³-hybridized carbons (Fsp3) is 0.533. The van der Waals surface area contributed by atoms with Crippen molar-refractivity contribution in [1.29, 1.82) is 0 Å². The largest absolute Gasteiger partial charge is 0.384 e. The second kappa shape index (κ2) is 4.20. The molecule has 0 spiro atoms. The molecule has 0 aliphatic carbocycles. The summed E-state index contributed by atoms with van der Waals surface area (Å²) in [5.41, 5.74) is 1.43. The van der Waals surface area contributed by atoms with E-state index in [0.717, 1.165) is 29.6 Å². The van der Waals surface area contributed by atoms with E-state index in [1.807, 2.05) is 23.0 Å². The van der Waals surface area contributed by atoms with Crippen molar-refractivity contribution in [2.45, 2.75) is 38.0 Å². The Labute approximate surface area is 122 Å². The zero-order valence-corrected chi connectivity index (χ0v) is 12.3. The fourth-order valence-electron chi connectivity index (χ4n) is 3.78. The molecule has 4 nitrogen and oxygen atoms in total. The summed E-state index contributed by atoms with van der Waals surface area (Å²) in [5, 5.41) is 17.1. The lowest BCUT2D eigenvalue weighted by Crippen LogP contribution is -2.52. The second-order valence-electron chi connectivity index (χ2n) is 6.03. The average Bonchev–Trinajstić information content (AvgIpc) is 2.97. The lowest BCUT2D eigenvalue weighted by Gasteiger charge is -2.43. The van der Waals surface area contributed by atoms with Gasteiger partial charge in [0.1, 0.15) is 11.8 Å². The molecule has 3 heterocycles. The predicted molar refractivity (Wildman–Crippen MR) is 78.8 cm³/mol. The second-order valence-corrected chi connectivity index (χ2v) is 6.47. The Morgan fingerprint density at radius 3 is 2.80 bits per heavy atom. The van der Waals surface area contributed by atoms with Gasteiger partial charge in [0.15, 0.2) is 0 Å². The first kappa shape index (κ1) is 12.6. The van der Waals surface area contributed by atoms with E-state index in [2.05, 4.69) is 16.9 Å². The molecule has 1 saturated heterocycles. The normalized spacial score (nSPS) is 30.2. The van der Waals surface area contributed by atoms with Gasteiger partial charge in [0, 0.05) is 29.1 Å². The van der Waals surface area contributed by atoms with Crippen molar-refractivity contribution < 1.29 is 5.11 Å². The minimum atomic E-state index is -0.578. The third-order valence-corrected chi connectivity index (χ3v) is 5.11. The first-order chi connectivity index (χ1) is 9.62. The van der Waals surface area contributed by atoms with E-state index in [4.69, 9.17) is 11.6 Å². The lowest BCUT2D eigenvalue weighted by atomic mass is 9.97. The van der Waals surface area contributed by atoms with Gasteiger partial charge in [-0.2, -0.15) is 5.10 Å². The quantitative estimate of drug-likeness (QED) is 0.878. The number of piperidine rings is 1. The molecule has 5 heteroatoms. The lowest BCUT2D eigenvalue weighted by molar-refractivity contribution is -0.0805. The van der Waals surface area contributed by atoms with Crippen molar-refractivity contribution in [1.82, 2.24) is 14.7 Å². The summed E-state index contributed by atoms with van der Waals surface area (Å²) in [7, 11) is 0. The summed E-state index contributed by atoms with van der Waals surface area (Å²) in [6.07, 6.45) is 4.91. The Hall–Kier alpha value is -1.10. The first-order valence-electron chi connectivity index (χ1n) is 7.23. The highest BCUT2D eigenvalue weighted by Crippen LogP contribution is 2.47. The van der Waals surface area contributed by atoms with Crippen LogP contribution in [0.1, 0.15) is 37.9 Å². The van der Waals surface area contributed by atoms with Gasteiger partial charge in [-0.25, -0.2) is 4.68 Å². The summed E-state index contributed by atoms with van der Waals surface area (Å²) in [4.78, 5) is 2.36. The topological polar surface area (TPSA) is 41.3 Å². The Morgan fingerprint density at radius 2 is 2.05 bits per heavy atom. The van der Waals surface area contributed by atoms with E-state index in [-0.39, 0.29) is 0 Å². The van der Waals surface area contributed by atoms with Gasteiger partial charge >= 0.3 is 0 Å². The Balaban J connectivity index is 1.91. The SMILES string of the molecule is CC1(N2CCCCC2)C(O)c2cc(Cl)cc3cnn1c23. The van der Waals surface area contributed by atoms with E-state index in [9.17, 15) is 5.11 Å². The maximum absolute atomic E-state index is 10.9. The number of likely N-dealkylation sites (tertiary alicyclic amines) is 1. The Bertz CT molecular complexity index is 677. The van der Waals surface area contributed by atoms with Gasteiger partial charge in [-0.1, -0.05) is 18.0 Å². The number of halogens is 1. The van der Waals surface area contributed by atoms with Crippen LogP contribution in [0.25, 0.3) is 10.9 Å². The monoisotopic (exact) mass is 291 g/mol. The van der Waals surface area contributed by atoms with Crippen LogP contribution in [0.5, 0.6) is 0 Å². The summed E-state index contributed by atoms with van der Waals surface area (Å²) < 4.78 is 1.99. The zero-order valence-electron chi connectivity index (χ0n) is 11.5. The van der Waals surface area contributed by atoms with E-state index >= 15 is 0 Å². The maximum Gasteiger partial charge on any atom is 0.143 e. The summed E-state index contributed by atoms with van der Waals surface area (Å²) in [6, 6.07) is 3.79. The van der Waals surface area contributed by atoms with E-state index in [1.54, 1.807) is 0 Å². The van der Waals surface area contributed by atoms with Crippen LogP contribution in [0.2, 0.25) is 5.02 Å². The highest BCUT2D eigenvalue weighted by atomic mass is 35.5. The molecule has 2 atom stereocenters. The molecular weight excluding hydrogens is 274 g/mol. The minimum Gasteiger partial charge on any atom is -0.384 e. The molecule has 0 saturated carbocycles. The van der Waals surface area contributed by atoms with Crippen molar-refractivity contribution in [2.24, 2.45) is 0 Å². The van der Waals surface area contributed by atoms with Crippen LogP contribution in [0.15, 0.2) is 18.3 Å². The molecule has 106 valence electrons. The van der Waals surface area contributed by atoms with Crippen molar-refractivity contribution >= 4 is 22.5 Å². The smallest absolute Gasteiger partial charge is 0.143 e. The third-order valence-electron chi connectivity index (χ3n) is 4.90. The molecule has 2 aromatic rings. The molecular formula is C15H18ClN3O. The molecule has 2 aliphatic heterocycles. The van der Waals surface area contributed by atoms with Crippen LogP contribution in [0.4, 0.5) is 0 Å². The summed E-state index contributed by atoms with van der Waals surface area (Å²) in [5.74, 6) is 0. The van der Waals surface area contributed by atoms with E-state index < -0.39 is 11.8 Å². The standard InChI is InChI=1S/C15H18ClN3O/c1-15(18-5-3-2-4-6-18)14(20)12-8-11(16)7-10-9-17-19(15)13(10)12/h7-9,14,20H,2-6H2,1H3. The molecule has 1 fully saturated rings. The molecule has 20 heavy (non-hydrogen) atoms. The molecule has 1 N–H and O–H groups in total. The van der Waals surface area contributed by atoms with Crippen LogP contribution in [-0.2, 0) is 5.66 Å². The molecule has 2 unspecified atom stereocenters. The van der Waals surface area contributed by atoms with Crippen LogP contribution < -0.4 is 0 Å². The predicted octanol–water partition coefficient (Wildman–Crippen LogP) is 2.90. The van der Waals surface area contributed by atoms with Crippen molar-refractivity contribution in [3.8, 4) is 0 Å². The van der Waals surface area contributed by atoms with E-state index in [1.165, 1.54) is 19.3 Å². The molecule has 0 amide bonds. The van der Waals surface area contributed by atoms with Gasteiger partial charge in [0.25, 0.3) is 0 Å². The molecule has 0 radical (unpaired) electrons. The summed E-state index contributed by atoms with van der Waals surface area (Å²) >= 11 is 6.17. The summed E-state index contributed by atoms with van der Waals surface area (Å²) in [6.45, 7) is 4.11. The van der Waals surface area contributed by atoms with E-state index in [0.29, 0.717) is 5.02 Å². The van der Waals surface area contributed by atoms with Gasteiger partial charge < -0.3 is 5.11 Å². The fourth-order valence-corrected chi connectivity index (χ4v) is 4.01. The van der Waals surface area contributed by atoms with Crippen LogP contribution in [0, 0.1) is 0 Å². The molecule has 1 aromatic carbocycles. The molecule has 1 aromatic heterocycles. The first-order valence-corrected chi connectivity index (χ1v) is 7.61. The van der Waals surface area contributed by atoms with Crippen LogP contribution >= 0.6 is 11.6 Å². The number of nitrogens with zero attached hydrogens (tertiary/aromatic N) is 3. The molecule has 4 rings (SSSR count). The third kappa shape index (κ3) is 1.47. The van der Waals surface area contributed by atoms with Gasteiger partial charge in [-0.05, 0) is 31.9 Å². The average molecular weight is 292 g/mol. The van der Waals surface area contributed by atoms with Crippen molar-refractivity contribution in [3.63, 3.8) is 0 Å². The van der Waals surface area contributed by atoms with Crippen molar-refractivity contribution in [2.75, 3.05) is 13.1 Å². The Kier molecular flexibility index (Phi) is 2.65. The number of aliphatic hydroxyl groups excluding tert-OH is 1. The Morgan fingerprint density at radius 1 is 1.30 bits per heavy atom. The number of aliphatic hydroxyl groups is 1. The van der Waals surface area contributed by atoms with Gasteiger partial charge in [0.05, 0.1) is 11.7 Å². The molecule has 0 bridgehead atoms. The highest BCUT2D eigenvalue weighted by Gasteiger charge is 2.49.